The molecule has 246 valence electrons. The molecule has 4 aromatic carbocycles. The monoisotopic (exact) mass is 733 g/mol. The van der Waals surface area contributed by atoms with Gasteiger partial charge in [-0.15, -0.1) is 0 Å². The van der Waals surface area contributed by atoms with E-state index >= 15 is 0 Å². The number of esters is 1. The van der Waals surface area contributed by atoms with Crippen LogP contribution in [0.2, 0.25) is 0 Å². The summed E-state index contributed by atoms with van der Waals surface area (Å²) >= 11 is 4.72. The van der Waals surface area contributed by atoms with Gasteiger partial charge in [0.2, 0.25) is 0 Å². The zero-order valence-electron chi connectivity index (χ0n) is 27.1. The number of fused-ring (bicyclic) bond motifs is 2. The lowest BCUT2D eigenvalue weighted by molar-refractivity contribution is -0.138. The third-order valence-electron chi connectivity index (χ3n) is 8.31. The smallest absolute Gasteiger partial charge is 0.338 e. The maximum Gasteiger partial charge on any atom is 0.338 e. The van der Waals surface area contributed by atoms with Crippen LogP contribution >= 0.6 is 27.3 Å². The van der Waals surface area contributed by atoms with Gasteiger partial charge in [-0.2, -0.15) is 0 Å². The van der Waals surface area contributed by atoms with E-state index < -0.39 is 17.6 Å². The van der Waals surface area contributed by atoms with E-state index in [0.717, 1.165) is 21.4 Å². The van der Waals surface area contributed by atoms with Crippen molar-refractivity contribution in [2.75, 3.05) is 11.5 Å². The van der Waals surface area contributed by atoms with E-state index in [4.69, 9.17) is 14.5 Å². The molecule has 0 radical (unpaired) electrons. The number of thiazole rings is 1. The predicted octanol–water partition coefficient (Wildman–Crippen LogP) is 6.40. The normalized spacial score (nSPS) is 16.4. The number of aromatic nitrogens is 1. The number of nitrogens with zero attached hydrogens (tertiary/aromatic N) is 3. The van der Waals surface area contributed by atoms with Crippen LogP contribution in [0.3, 0.4) is 0 Å². The highest BCUT2D eigenvalue weighted by atomic mass is 79.9. The average molecular weight is 735 g/mol. The molecule has 7 rings (SSSR count). The number of benzene rings is 4. The third-order valence-corrected chi connectivity index (χ3v) is 9.85. The van der Waals surface area contributed by atoms with Crippen molar-refractivity contribution in [2.45, 2.75) is 39.5 Å². The molecule has 5 aromatic rings. The Labute approximate surface area is 295 Å². The lowest BCUT2D eigenvalue weighted by Crippen LogP contribution is -2.41. The van der Waals surface area contributed by atoms with Gasteiger partial charge in [0, 0.05) is 15.6 Å². The Kier molecular flexibility index (Phi) is 8.92. The van der Waals surface area contributed by atoms with Crippen molar-refractivity contribution >= 4 is 56.1 Å². The Morgan fingerprint density at radius 2 is 1.63 bits per heavy atom. The number of hydrogen-bond donors (Lipinski definition) is 0. The van der Waals surface area contributed by atoms with E-state index in [0.29, 0.717) is 50.7 Å². The minimum atomic E-state index is -0.883. The van der Waals surface area contributed by atoms with Gasteiger partial charge in [-0.25, -0.2) is 9.79 Å². The van der Waals surface area contributed by atoms with Gasteiger partial charge in [-0.3, -0.25) is 14.2 Å². The lowest BCUT2D eigenvalue weighted by Gasteiger charge is -2.26. The van der Waals surface area contributed by atoms with Crippen LogP contribution in [0.5, 0.6) is 5.75 Å². The number of carbonyl (C=O) groups is 2. The van der Waals surface area contributed by atoms with Crippen LogP contribution in [0.4, 0.5) is 5.69 Å². The molecule has 0 saturated carbocycles. The van der Waals surface area contributed by atoms with Crippen LogP contribution < -0.4 is 24.5 Å². The van der Waals surface area contributed by atoms with Gasteiger partial charge in [0.25, 0.3) is 11.5 Å². The summed E-state index contributed by atoms with van der Waals surface area (Å²) in [5, 5.41) is 0. The van der Waals surface area contributed by atoms with Crippen molar-refractivity contribution < 1.29 is 19.1 Å². The Morgan fingerprint density at radius 3 is 2.31 bits per heavy atom. The first kappa shape index (κ1) is 32.5. The lowest BCUT2D eigenvalue weighted by atomic mass is 9.93. The van der Waals surface area contributed by atoms with Crippen molar-refractivity contribution in [3.8, 4) is 5.75 Å². The number of carbonyl (C=O) groups excluding carboxylic acids is 2. The topological polar surface area (TPSA) is 90.2 Å². The largest absolute Gasteiger partial charge is 0.491 e. The highest BCUT2D eigenvalue weighted by Gasteiger charge is 2.38. The number of hydrogen-bond acceptors (Lipinski definition) is 7. The van der Waals surface area contributed by atoms with Crippen molar-refractivity contribution in [3.63, 3.8) is 0 Å². The summed E-state index contributed by atoms with van der Waals surface area (Å²) in [6.07, 6.45) is -0.0296. The van der Waals surface area contributed by atoms with E-state index in [1.54, 1.807) is 11.8 Å². The first-order valence-electron chi connectivity index (χ1n) is 16.0. The van der Waals surface area contributed by atoms with Gasteiger partial charge in [-0.05, 0) is 62.2 Å². The van der Waals surface area contributed by atoms with Gasteiger partial charge in [0.1, 0.15) is 10.3 Å². The summed E-state index contributed by atoms with van der Waals surface area (Å²) in [6.45, 7) is 6.12. The van der Waals surface area contributed by atoms with Crippen LogP contribution in [-0.4, -0.2) is 29.2 Å². The zero-order chi connectivity index (χ0) is 34.2. The minimum Gasteiger partial charge on any atom is -0.491 e. The number of anilines is 1. The molecule has 8 nitrogen and oxygen atoms in total. The minimum absolute atomic E-state index is 0.0296. The third kappa shape index (κ3) is 6.06. The van der Waals surface area contributed by atoms with Gasteiger partial charge in [0.15, 0.2) is 4.80 Å². The summed E-state index contributed by atoms with van der Waals surface area (Å²) in [5.41, 5.74) is 4.25. The molecular formula is C39H32BrN3O5S. The maximum absolute atomic E-state index is 14.8. The highest BCUT2D eigenvalue weighted by Crippen LogP contribution is 2.39. The zero-order valence-corrected chi connectivity index (χ0v) is 29.5. The molecule has 1 atom stereocenters. The van der Waals surface area contributed by atoms with Crippen LogP contribution in [-0.2, 0) is 20.9 Å². The SMILES string of the molecule is CCOC(=O)C1=C(c2ccccc2)N=c2s/c(=C3/C(=O)N(Cc4ccccc4)c4ccc(Br)cc43)c(=O)n2[C@H]1c1ccc(OC(C)C)cc1. The summed E-state index contributed by atoms with van der Waals surface area (Å²) < 4.78 is 14.1. The molecule has 0 N–H and O–H groups in total. The summed E-state index contributed by atoms with van der Waals surface area (Å²) in [4.78, 5) is 50.1. The van der Waals surface area contributed by atoms with Crippen LogP contribution in [0, 0.1) is 0 Å². The molecule has 10 heteroatoms. The molecule has 0 bridgehead atoms. The second-order valence-corrected chi connectivity index (χ2v) is 13.8. The molecule has 0 fully saturated rings. The first-order valence-corrected chi connectivity index (χ1v) is 17.6. The van der Waals surface area contributed by atoms with E-state index in [9.17, 15) is 14.4 Å². The molecule has 1 amide bonds. The second-order valence-electron chi connectivity index (χ2n) is 11.9. The molecular weight excluding hydrogens is 702 g/mol. The molecule has 3 heterocycles. The van der Waals surface area contributed by atoms with E-state index in [1.165, 1.54) is 4.57 Å². The van der Waals surface area contributed by atoms with Gasteiger partial charge in [0.05, 0.1) is 47.8 Å². The maximum atomic E-state index is 14.8. The fourth-order valence-electron chi connectivity index (χ4n) is 6.25. The second kappa shape index (κ2) is 13.4. The Morgan fingerprint density at radius 1 is 0.939 bits per heavy atom. The molecule has 0 unspecified atom stereocenters. The fraction of sp³-hybridized carbons (Fsp3) is 0.179. The first-order chi connectivity index (χ1) is 23.7. The van der Waals surface area contributed by atoms with Crippen LogP contribution in [0.25, 0.3) is 11.3 Å². The summed E-state index contributed by atoms with van der Waals surface area (Å²) in [5.74, 6) is -0.187. The molecule has 0 aliphatic carbocycles. The Bertz CT molecular complexity index is 2290. The van der Waals surface area contributed by atoms with Gasteiger partial charge in [-0.1, -0.05) is 100 Å². The van der Waals surface area contributed by atoms with E-state index in [2.05, 4.69) is 15.9 Å². The molecule has 49 heavy (non-hydrogen) atoms. The van der Waals surface area contributed by atoms with Crippen molar-refractivity contribution in [1.29, 1.82) is 0 Å². The molecule has 2 aliphatic heterocycles. The van der Waals surface area contributed by atoms with Gasteiger partial charge < -0.3 is 14.4 Å². The fourth-order valence-corrected chi connectivity index (χ4v) is 7.71. The standard InChI is InChI=1S/C39H32BrN3O5S/c1-4-47-38(46)32-33(25-13-9-6-10-14-25)41-39-43(34(32)26-15-18-28(19-16-26)48-23(2)3)37(45)35(49-39)31-29-21-27(40)17-20-30(29)42(36(31)44)22-24-11-7-5-8-12-24/h5-21,23,34H,4,22H2,1-3H3/b35-31+/t34-/m0/s1. The van der Waals surface area contributed by atoms with Crippen molar-refractivity contribution in [3.05, 3.63) is 155 Å². The van der Waals surface area contributed by atoms with Crippen molar-refractivity contribution in [2.24, 2.45) is 4.99 Å². The van der Waals surface area contributed by atoms with E-state index in [1.807, 2.05) is 117 Å². The Hall–Kier alpha value is -5.06. The van der Waals surface area contributed by atoms with Crippen molar-refractivity contribution in [1.82, 2.24) is 4.57 Å². The molecule has 0 saturated heterocycles. The Balaban J connectivity index is 1.50. The molecule has 2 aliphatic rings. The van der Waals surface area contributed by atoms with Gasteiger partial charge >= 0.3 is 5.97 Å². The number of rotatable bonds is 8. The average Bonchev–Trinajstić information content (AvgIpc) is 3.56. The highest BCUT2D eigenvalue weighted by molar-refractivity contribution is 9.10. The number of amides is 1. The van der Waals surface area contributed by atoms with Crippen LogP contribution in [0.1, 0.15) is 49.1 Å². The number of ether oxygens (including phenoxy) is 2. The molecule has 1 aromatic heterocycles. The van der Waals surface area contributed by atoms with E-state index in [-0.39, 0.29) is 28.7 Å². The summed E-state index contributed by atoms with van der Waals surface area (Å²) in [7, 11) is 0. The van der Waals surface area contributed by atoms with Crippen LogP contribution in [0.15, 0.2) is 123 Å². The quantitative estimate of drug-likeness (QED) is 0.172. The predicted molar refractivity (Wildman–Crippen MR) is 194 cm³/mol. The summed E-state index contributed by atoms with van der Waals surface area (Å²) in [6, 6.07) is 31.3. The number of halogens is 1. The molecule has 0 spiro atoms.